The number of aryl methyl sites for hydroxylation is 1. The normalized spacial score (nSPS) is 13.1. The van der Waals surface area contributed by atoms with E-state index in [0.29, 0.717) is 32.9 Å². The molecule has 1 aromatic carbocycles. The van der Waals surface area contributed by atoms with Gasteiger partial charge in [-0.15, -0.1) is 21.5 Å². The predicted octanol–water partition coefficient (Wildman–Crippen LogP) is 3.60. The molecule has 2 heterocycles. The van der Waals surface area contributed by atoms with Crippen LogP contribution in [-0.4, -0.2) is 51.5 Å². The predicted molar refractivity (Wildman–Crippen MR) is 141 cm³/mol. The van der Waals surface area contributed by atoms with Crippen molar-refractivity contribution in [3.63, 3.8) is 0 Å². The number of carbonyl (C=O) groups is 3. The van der Waals surface area contributed by atoms with Crippen molar-refractivity contribution in [2.45, 2.75) is 50.1 Å². The highest BCUT2D eigenvalue weighted by atomic mass is 32.2. The van der Waals surface area contributed by atoms with Gasteiger partial charge in [-0.1, -0.05) is 23.9 Å². The molecule has 1 atom stereocenters. The molecule has 0 saturated heterocycles. The molecule has 1 aliphatic carbocycles. The number of thioether (sulfide) groups is 1. The van der Waals surface area contributed by atoms with Gasteiger partial charge in [0.2, 0.25) is 5.91 Å². The van der Waals surface area contributed by atoms with Crippen LogP contribution in [0.15, 0.2) is 29.4 Å². The number of methoxy groups -OCH3 is 1. The van der Waals surface area contributed by atoms with E-state index in [1.807, 2.05) is 0 Å². The number of hydrogen-bond acceptors (Lipinski definition) is 9. The minimum atomic E-state index is -0.508. The van der Waals surface area contributed by atoms with Crippen LogP contribution < -0.4 is 15.4 Å². The van der Waals surface area contributed by atoms with Crippen molar-refractivity contribution >= 4 is 45.9 Å². The van der Waals surface area contributed by atoms with Crippen LogP contribution in [0.25, 0.3) is 0 Å². The van der Waals surface area contributed by atoms with E-state index >= 15 is 0 Å². The van der Waals surface area contributed by atoms with Gasteiger partial charge in [0.1, 0.15) is 10.8 Å². The first kappa shape index (κ1) is 26.7. The first-order valence-electron chi connectivity index (χ1n) is 11.9. The van der Waals surface area contributed by atoms with Crippen LogP contribution in [0.3, 0.4) is 0 Å². The Morgan fingerprint density at radius 3 is 2.76 bits per heavy atom. The van der Waals surface area contributed by atoms with E-state index in [9.17, 15) is 14.4 Å². The Morgan fingerprint density at radius 1 is 1.22 bits per heavy atom. The summed E-state index contributed by atoms with van der Waals surface area (Å²) < 4.78 is 12.2. The highest BCUT2D eigenvalue weighted by Gasteiger charge is 2.29. The summed E-state index contributed by atoms with van der Waals surface area (Å²) in [4.78, 5) is 39.3. The highest BCUT2D eigenvalue weighted by molar-refractivity contribution is 8.00. The summed E-state index contributed by atoms with van der Waals surface area (Å²) in [7, 11) is 3.29. The Labute approximate surface area is 223 Å². The lowest BCUT2D eigenvalue weighted by molar-refractivity contribution is -0.115. The number of ether oxygens (including phenoxy) is 2. The number of amides is 2. The number of fused-ring (bicyclic) bond motifs is 1. The van der Waals surface area contributed by atoms with Gasteiger partial charge in [0.15, 0.2) is 11.0 Å². The third kappa shape index (κ3) is 5.80. The second-order valence-electron chi connectivity index (χ2n) is 8.37. The van der Waals surface area contributed by atoms with Crippen molar-refractivity contribution in [1.29, 1.82) is 0 Å². The number of anilines is 1. The van der Waals surface area contributed by atoms with Crippen molar-refractivity contribution in [2.75, 3.05) is 19.0 Å². The minimum Gasteiger partial charge on any atom is -0.496 e. The lowest BCUT2D eigenvalue weighted by Crippen LogP contribution is -2.25. The highest BCUT2D eigenvalue weighted by Crippen LogP contribution is 2.40. The molecule has 0 radical (unpaired) electrons. The molecule has 2 amide bonds. The van der Waals surface area contributed by atoms with Gasteiger partial charge in [-0.2, -0.15) is 0 Å². The number of carbonyl (C=O) groups excluding carboxylic acids is 3. The van der Waals surface area contributed by atoms with Crippen LogP contribution in [0.1, 0.15) is 57.2 Å². The van der Waals surface area contributed by atoms with Crippen molar-refractivity contribution in [3.8, 4) is 5.75 Å². The van der Waals surface area contributed by atoms with Crippen LogP contribution in [0.2, 0.25) is 0 Å². The first-order chi connectivity index (χ1) is 17.8. The number of benzene rings is 1. The van der Waals surface area contributed by atoms with E-state index in [0.717, 1.165) is 29.7 Å². The fourth-order valence-electron chi connectivity index (χ4n) is 4.03. The molecule has 0 bridgehead atoms. The van der Waals surface area contributed by atoms with Crippen LogP contribution in [-0.2, 0) is 36.0 Å². The van der Waals surface area contributed by atoms with Gasteiger partial charge in [0.25, 0.3) is 5.91 Å². The van der Waals surface area contributed by atoms with Crippen molar-refractivity contribution in [1.82, 2.24) is 20.1 Å². The van der Waals surface area contributed by atoms with Gasteiger partial charge >= 0.3 is 5.97 Å². The van der Waals surface area contributed by atoms with Gasteiger partial charge in [-0.25, -0.2) is 4.79 Å². The van der Waals surface area contributed by atoms with E-state index in [1.54, 1.807) is 49.7 Å². The summed E-state index contributed by atoms with van der Waals surface area (Å²) in [5, 5.41) is 14.7. The molecule has 196 valence electrons. The van der Waals surface area contributed by atoms with Gasteiger partial charge in [-0.05, 0) is 50.8 Å². The molecule has 2 N–H and O–H groups in total. The number of nitrogens with one attached hydrogen (secondary N) is 2. The molecular weight excluding hydrogens is 514 g/mol. The van der Waals surface area contributed by atoms with E-state index < -0.39 is 11.2 Å². The fraction of sp³-hybridized carbons (Fsp3) is 0.400. The number of para-hydroxylation sites is 1. The number of thiophene rings is 1. The standard InChI is InChI=1S/C25H29N5O5S2/c1-5-35-24(33)20-16-10-8-12-18(16)37-23(20)27-21(31)14(2)36-25-29-28-19(30(25)3)13-26-22(32)15-9-6-7-11-17(15)34-4/h6-7,9,11,14H,5,8,10,12-13H2,1-4H3,(H,26,32)(H,27,31). The zero-order valence-corrected chi connectivity index (χ0v) is 22.8. The van der Waals surface area contributed by atoms with Crippen molar-refractivity contribution in [2.24, 2.45) is 7.05 Å². The van der Waals surface area contributed by atoms with Crippen LogP contribution in [0.5, 0.6) is 5.75 Å². The van der Waals surface area contributed by atoms with Crippen LogP contribution in [0, 0.1) is 0 Å². The largest absolute Gasteiger partial charge is 0.496 e. The van der Waals surface area contributed by atoms with E-state index in [4.69, 9.17) is 9.47 Å². The second-order valence-corrected chi connectivity index (χ2v) is 10.8. The quantitative estimate of drug-likeness (QED) is 0.294. The third-order valence-corrected chi connectivity index (χ3v) is 8.31. The SMILES string of the molecule is CCOC(=O)c1c(NC(=O)C(C)Sc2nnc(CNC(=O)c3ccccc3OC)n2C)sc2c1CCC2. The number of esters is 1. The van der Waals surface area contributed by atoms with E-state index in [-0.39, 0.29) is 25.0 Å². The molecule has 1 aliphatic rings. The minimum absolute atomic E-state index is 0.158. The molecule has 0 aliphatic heterocycles. The van der Waals surface area contributed by atoms with Crippen molar-refractivity contribution < 1.29 is 23.9 Å². The van der Waals surface area contributed by atoms with Crippen LogP contribution in [0.4, 0.5) is 5.00 Å². The Bertz CT molecular complexity index is 1320. The number of rotatable bonds is 10. The lowest BCUT2D eigenvalue weighted by Gasteiger charge is -2.12. The molecule has 0 saturated carbocycles. The monoisotopic (exact) mass is 543 g/mol. The summed E-state index contributed by atoms with van der Waals surface area (Å²) in [6.45, 7) is 3.96. The average molecular weight is 544 g/mol. The number of hydrogen-bond donors (Lipinski definition) is 2. The van der Waals surface area contributed by atoms with Gasteiger partial charge in [0.05, 0.1) is 36.6 Å². The number of nitrogens with zero attached hydrogens (tertiary/aromatic N) is 3. The molecule has 10 nitrogen and oxygen atoms in total. The summed E-state index contributed by atoms with van der Waals surface area (Å²) in [6.07, 6.45) is 2.72. The van der Waals surface area contributed by atoms with Crippen molar-refractivity contribution in [3.05, 3.63) is 51.7 Å². The Morgan fingerprint density at radius 2 is 2.00 bits per heavy atom. The summed E-state index contributed by atoms with van der Waals surface area (Å²) in [5.74, 6) is 0.0894. The molecule has 12 heteroatoms. The molecular formula is C25H29N5O5S2. The maximum absolute atomic E-state index is 13.0. The van der Waals surface area contributed by atoms with E-state index in [1.165, 1.54) is 30.2 Å². The smallest absolute Gasteiger partial charge is 0.341 e. The summed E-state index contributed by atoms with van der Waals surface area (Å²) >= 11 is 2.69. The summed E-state index contributed by atoms with van der Waals surface area (Å²) in [6, 6.07) is 6.96. The molecule has 1 unspecified atom stereocenters. The lowest BCUT2D eigenvalue weighted by atomic mass is 10.1. The van der Waals surface area contributed by atoms with Crippen LogP contribution >= 0.6 is 23.1 Å². The topological polar surface area (TPSA) is 124 Å². The van der Waals surface area contributed by atoms with Gasteiger partial charge < -0.3 is 24.7 Å². The average Bonchev–Trinajstić information content (AvgIpc) is 3.57. The zero-order chi connectivity index (χ0) is 26.5. The summed E-state index contributed by atoms with van der Waals surface area (Å²) in [5.41, 5.74) is 1.90. The molecule has 3 aromatic rings. The molecule has 0 spiro atoms. The molecule has 2 aromatic heterocycles. The third-order valence-electron chi connectivity index (χ3n) is 5.97. The Balaban J connectivity index is 1.39. The molecule has 4 rings (SSSR count). The molecule has 37 heavy (non-hydrogen) atoms. The van der Waals surface area contributed by atoms with E-state index in [2.05, 4.69) is 20.8 Å². The number of aromatic nitrogens is 3. The maximum Gasteiger partial charge on any atom is 0.341 e. The zero-order valence-electron chi connectivity index (χ0n) is 21.1. The maximum atomic E-state index is 13.0. The molecule has 0 fully saturated rings. The first-order valence-corrected chi connectivity index (χ1v) is 13.6. The Hall–Kier alpha value is -3.38. The van der Waals surface area contributed by atoms with Gasteiger partial charge in [-0.3, -0.25) is 9.59 Å². The fourth-order valence-corrected chi connectivity index (χ4v) is 6.14. The second kappa shape index (κ2) is 11.8. The Kier molecular flexibility index (Phi) is 8.49. The van der Waals surface area contributed by atoms with Gasteiger partial charge in [0, 0.05) is 11.9 Å².